The lowest BCUT2D eigenvalue weighted by molar-refractivity contribution is -0.122. The van der Waals surface area contributed by atoms with Crippen molar-refractivity contribution in [2.24, 2.45) is 5.92 Å². The summed E-state index contributed by atoms with van der Waals surface area (Å²) >= 11 is 0. The van der Waals surface area contributed by atoms with E-state index < -0.39 is 0 Å². The second-order valence-electron chi connectivity index (χ2n) is 8.33. The van der Waals surface area contributed by atoms with Gasteiger partial charge in [0.2, 0.25) is 5.91 Å². The van der Waals surface area contributed by atoms with E-state index in [1.54, 1.807) is 0 Å². The molecule has 1 atom stereocenters. The smallest absolute Gasteiger partial charge is 0.253 e. The number of hydrogen-bond acceptors (Lipinski definition) is 4. The Labute approximate surface area is 165 Å². The van der Waals surface area contributed by atoms with Crippen molar-refractivity contribution in [3.8, 4) is 0 Å². The summed E-state index contributed by atoms with van der Waals surface area (Å²) in [4.78, 5) is 31.4. The van der Waals surface area contributed by atoms with Crippen LogP contribution in [-0.2, 0) is 4.79 Å². The normalized spacial score (nSPS) is 19.0. The first-order valence-electron chi connectivity index (χ1n) is 10.5. The van der Waals surface area contributed by atoms with Crippen LogP contribution in [0, 0.1) is 5.92 Å². The van der Waals surface area contributed by atoms with Crippen molar-refractivity contribution in [1.82, 2.24) is 15.2 Å². The average molecular weight is 383 g/mol. The molecule has 0 radical (unpaired) electrons. The van der Waals surface area contributed by atoms with E-state index in [2.05, 4.69) is 17.2 Å². The van der Waals surface area contributed by atoms with Crippen molar-refractivity contribution in [2.75, 3.05) is 13.1 Å². The molecule has 2 heterocycles. The highest BCUT2D eigenvalue weighted by Crippen LogP contribution is 2.40. The Morgan fingerprint density at radius 1 is 1.25 bits per heavy atom. The number of carbonyl (C=O) groups is 2. The summed E-state index contributed by atoms with van der Waals surface area (Å²) in [5, 5.41) is 3.03. The second-order valence-corrected chi connectivity index (χ2v) is 8.33. The van der Waals surface area contributed by atoms with Crippen molar-refractivity contribution >= 4 is 22.9 Å². The fraction of sp³-hybridized carbons (Fsp3) is 0.591. The second kappa shape index (κ2) is 7.94. The van der Waals surface area contributed by atoms with Gasteiger partial charge in [0.25, 0.3) is 5.91 Å². The van der Waals surface area contributed by atoms with Crippen LogP contribution in [0.15, 0.2) is 22.6 Å². The molecular weight excluding hydrogens is 354 g/mol. The fourth-order valence-electron chi connectivity index (χ4n) is 3.80. The van der Waals surface area contributed by atoms with E-state index in [9.17, 15) is 9.59 Å². The summed E-state index contributed by atoms with van der Waals surface area (Å²) in [6, 6.07) is 5.76. The van der Waals surface area contributed by atoms with Crippen molar-refractivity contribution in [3.63, 3.8) is 0 Å². The Hall–Kier alpha value is -2.37. The topological polar surface area (TPSA) is 75.4 Å². The van der Waals surface area contributed by atoms with Gasteiger partial charge in [0.05, 0.1) is 0 Å². The summed E-state index contributed by atoms with van der Waals surface area (Å²) in [5.41, 5.74) is 2.19. The molecule has 1 saturated carbocycles. The molecular formula is C22H29N3O3. The van der Waals surface area contributed by atoms with Crippen LogP contribution in [0.1, 0.15) is 74.5 Å². The minimum atomic E-state index is 0.0420. The zero-order valence-electron chi connectivity index (χ0n) is 16.7. The van der Waals surface area contributed by atoms with E-state index >= 15 is 0 Å². The first-order chi connectivity index (χ1) is 13.5. The van der Waals surface area contributed by atoms with Crippen molar-refractivity contribution < 1.29 is 14.0 Å². The molecule has 2 aromatic rings. The number of nitrogens with zero attached hydrogens (tertiary/aromatic N) is 2. The SMILES string of the molecule is CC[C@H](C)NC(=O)CC1CCN(C(=O)c2ccc3oc(C4CC4)nc3c2)CC1. The lowest BCUT2D eigenvalue weighted by atomic mass is 9.92. The molecule has 2 fully saturated rings. The number of carbonyl (C=O) groups excluding carboxylic acids is 2. The number of aromatic nitrogens is 1. The maximum atomic E-state index is 12.9. The Balaban J connectivity index is 1.33. The molecule has 1 aliphatic heterocycles. The molecule has 1 aromatic heterocycles. The van der Waals surface area contributed by atoms with Gasteiger partial charge in [-0.05, 0) is 63.1 Å². The van der Waals surface area contributed by atoms with E-state index in [0.29, 0.717) is 36.9 Å². The van der Waals surface area contributed by atoms with Crippen molar-refractivity contribution in [1.29, 1.82) is 0 Å². The van der Waals surface area contributed by atoms with Crippen LogP contribution in [0.25, 0.3) is 11.1 Å². The quantitative estimate of drug-likeness (QED) is 0.822. The summed E-state index contributed by atoms with van der Waals surface area (Å²) in [5.74, 6) is 1.79. The average Bonchev–Trinajstić information content (AvgIpc) is 3.46. The van der Waals surface area contributed by atoms with Gasteiger partial charge in [0, 0.05) is 37.0 Å². The Morgan fingerprint density at radius 3 is 2.68 bits per heavy atom. The van der Waals surface area contributed by atoms with Gasteiger partial charge in [-0.2, -0.15) is 0 Å². The number of oxazole rings is 1. The number of hydrogen-bond donors (Lipinski definition) is 1. The number of likely N-dealkylation sites (tertiary alicyclic amines) is 1. The maximum absolute atomic E-state index is 12.9. The summed E-state index contributed by atoms with van der Waals surface area (Å²) < 4.78 is 5.78. The predicted molar refractivity (Wildman–Crippen MR) is 107 cm³/mol. The highest BCUT2D eigenvalue weighted by atomic mass is 16.3. The lowest BCUT2D eigenvalue weighted by Crippen LogP contribution is -2.40. The molecule has 0 unspecified atom stereocenters. The number of piperidine rings is 1. The first kappa shape index (κ1) is 19.0. The first-order valence-corrected chi connectivity index (χ1v) is 10.5. The highest BCUT2D eigenvalue weighted by Gasteiger charge is 2.29. The summed E-state index contributed by atoms with van der Waals surface area (Å²) in [6.45, 7) is 5.49. The third-order valence-corrected chi connectivity index (χ3v) is 5.97. The molecule has 4 rings (SSSR count). The van der Waals surface area contributed by atoms with E-state index in [1.807, 2.05) is 30.0 Å². The minimum Gasteiger partial charge on any atom is -0.440 e. The van der Waals surface area contributed by atoms with E-state index in [-0.39, 0.29) is 17.9 Å². The van der Waals surface area contributed by atoms with Crippen molar-refractivity contribution in [2.45, 2.75) is 64.3 Å². The van der Waals surface area contributed by atoms with Gasteiger partial charge < -0.3 is 14.6 Å². The van der Waals surface area contributed by atoms with Gasteiger partial charge in [-0.1, -0.05) is 6.92 Å². The molecule has 2 amide bonds. The van der Waals surface area contributed by atoms with Crippen LogP contribution in [-0.4, -0.2) is 40.8 Å². The highest BCUT2D eigenvalue weighted by molar-refractivity contribution is 5.97. The third kappa shape index (κ3) is 4.21. The largest absolute Gasteiger partial charge is 0.440 e. The van der Waals surface area contributed by atoms with Gasteiger partial charge in [-0.15, -0.1) is 0 Å². The van der Waals surface area contributed by atoms with Gasteiger partial charge in [0.1, 0.15) is 5.52 Å². The molecule has 28 heavy (non-hydrogen) atoms. The number of rotatable bonds is 6. The molecule has 150 valence electrons. The predicted octanol–water partition coefficient (Wildman–Crippen LogP) is 3.86. The van der Waals surface area contributed by atoms with Gasteiger partial charge >= 0.3 is 0 Å². The number of amides is 2. The molecule has 6 nitrogen and oxygen atoms in total. The van der Waals surface area contributed by atoms with Crippen LogP contribution in [0.5, 0.6) is 0 Å². The van der Waals surface area contributed by atoms with Crippen molar-refractivity contribution in [3.05, 3.63) is 29.7 Å². The number of nitrogens with one attached hydrogen (secondary N) is 1. The third-order valence-electron chi connectivity index (χ3n) is 5.97. The molecule has 1 aromatic carbocycles. The summed E-state index contributed by atoms with van der Waals surface area (Å²) in [7, 11) is 0. The monoisotopic (exact) mass is 383 g/mol. The number of benzene rings is 1. The Morgan fingerprint density at radius 2 is 2.00 bits per heavy atom. The van der Waals surface area contributed by atoms with Gasteiger partial charge in [-0.3, -0.25) is 9.59 Å². The minimum absolute atomic E-state index is 0.0420. The maximum Gasteiger partial charge on any atom is 0.253 e. The van der Waals surface area contributed by atoms with E-state index in [0.717, 1.165) is 49.1 Å². The van der Waals surface area contributed by atoms with Gasteiger partial charge in [0.15, 0.2) is 11.5 Å². The van der Waals surface area contributed by atoms with Crippen LogP contribution in [0.3, 0.4) is 0 Å². The van der Waals surface area contributed by atoms with E-state index in [4.69, 9.17) is 4.42 Å². The van der Waals surface area contributed by atoms with E-state index in [1.165, 1.54) is 0 Å². The van der Waals surface area contributed by atoms with Crippen LogP contribution in [0.2, 0.25) is 0 Å². The molecule has 0 spiro atoms. The molecule has 6 heteroatoms. The Kier molecular flexibility index (Phi) is 5.38. The van der Waals surface area contributed by atoms with Crippen LogP contribution >= 0.6 is 0 Å². The molecule has 1 aliphatic carbocycles. The molecule has 1 saturated heterocycles. The molecule has 0 bridgehead atoms. The molecule has 2 aliphatic rings. The summed E-state index contributed by atoms with van der Waals surface area (Å²) in [6.07, 6.45) is 5.53. The lowest BCUT2D eigenvalue weighted by Gasteiger charge is -2.32. The Bertz CT molecular complexity index is 863. The molecule has 1 N–H and O–H groups in total. The zero-order valence-corrected chi connectivity index (χ0v) is 16.7. The standard InChI is InChI=1S/C22H29N3O3/c1-3-14(2)23-20(26)12-15-8-10-25(11-9-15)22(27)17-6-7-19-18(13-17)24-21(28-19)16-4-5-16/h6-7,13-16H,3-5,8-12H2,1-2H3,(H,23,26)/t14-/m0/s1. The van der Waals surface area contributed by atoms with Crippen LogP contribution in [0.4, 0.5) is 0 Å². The number of fused-ring (bicyclic) bond motifs is 1. The zero-order chi connectivity index (χ0) is 19.7. The van der Waals surface area contributed by atoms with Gasteiger partial charge in [-0.25, -0.2) is 4.98 Å². The fourth-order valence-corrected chi connectivity index (χ4v) is 3.80. The van der Waals surface area contributed by atoms with Crippen LogP contribution < -0.4 is 5.32 Å².